The number of rotatable bonds is 5. The number of carbonyl (C=O) groups is 1. The molecule has 0 saturated carbocycles. The van der Waals surface area contributed by atoms with Crippen LogP contribution in [0.15, 0.2) is 18.2 Å². The summed E-state index contributed by atoms with van der Waals surface area (Å²) in [5, 5.41) is 6.57. The van der Waals surface area contributed by atoms with E-state index in [2.05, 4.69) is 10.6 Å². The lowest BCUT2D eigenvalue weighted by Crippen LogP contribution is -2.43. The zero-order valence-electron chi connectivity index (χ0n) is 11.6. The van der Waals surface area contributed by atoms with E-state index < -0.39 is 10.8 Å². The minimum Gasteiger partial charge on any atom is -0.335 e. The standard InChI is InChI=1S/C13H18Cl2N2O2S/c1-8(7-20(3)19)16-13(18)17-9(2)11-5-4-10(14)6-12(11)15/h4-6,8-9H,7H2,1-3H3,(H2,16,17,18)/t8-,9-,20-/m0/s1. The number of nitrogens with one attached hydrogen (secondary N) is 2. The summed E-state index contributed by atoms with van der Waals surface area (Å²) in [6.07, 6.45) is 1.60. The van der Waals surface area contributed by atoms with Crippen molar-refractivity contribution in [1.82, 2.24) is 10.6 Å². The molecule has 1 aromatic rings. The molecule has 0 aliphatic carbocycles. The highest BCUT2D eigenvalue weighted by atomic mass is 35.5. The Labute approximate surface area is 131 Å². The predicted octanol–water partition coefficient (Wildman–Crippen LogP) is 3.12. The third kappa shape index (κ3) is 5.69. The Hall–Kier alpha value is -0.780. The SMILES string of the molecule is C[C@H](NC(=O)N[C@@H](C)C[S@](C)=O)c1ccc(Cl)cc1Cl. The Bertz CT molecular complexity index is 511. The zero-order chi connectivity index (χ0) is 15.3. The number of benzene rings is 1. The van der Waals surface area contributed by atoms with Gasteiger partial charge in [0.25, 0.3) is 0 Å². The van der Waals surface area contributed by atoms with Crippen molar-refractivity contribution in [3.05, 3.63) is 33.8 Å². The van der Waals surface area contributed by atoms with Gasteiger partial charge in [0.1, 0.15) is 0 Å². The van der Waals surface area contributed by atoms with Crippen molar-refractivity contribution in [3.63, 3.8) is 0 Å². The monoisotopic (exact) mass is 336 g/mol. The van der Waals surface area contributed by atoms with E-state index in [1.165, 1.54) is 0 Å². The molecule has 112 valence electrons. The smallest absolute Gasteiger partial charge is 0.315 e. The minimum atomic E-state index is -0.945. The van der Waals surface area contributed by atoms with Crippen LogP contribution in [0.1, 0.15) is 25.5 Å². The van der Waals surface area contributed by atoms with Crippen LogP contribution in [-0.4, -0.2) is 28.3 Å². The number of urea groups is 1. The van der Waals surface area contributed by atoms with Gasteiger partial charge in [0.05, 0.1) is 6.04 Å². The van der Waals surface area contributed by atoms with E-state index in [1.807, 2.05) is 6.92 Å². The molecule has 1 rings (SSSR count). The fourth-order valence-electron chi connectivity index (χ4n) is 1.79. The van der Waals surface area contributed by atoms with Gasteiger partial charge in [-0.2, -0.15) is 0 Å². The van der Waals surface area contributed by atoms with Crippen molar-refractivity contribution >= 4 is 40.0 Å². The van der Waals surface area contributed by atoms with E-state index in [9.17, 15) is 9.00 Å². The lowest BCUT2D eigenvalue weighted by Gasteiger charge is -2.19. The lowest BCUT2D eigenvalue weighted by molar-refractivity contribution is 0.235. The van der Waals surface area contributed by atoms with Crippen LogP contribution in [0, 0.1) is 0 Å². The van der Waals surface area contributed by atoms with E-state index in [0.717, 1.165) is 5.56 Å². The van der Waals surface area contributed by atoms with Gasteiger partial charge < -0.3 is 10.6 Å². The molecule has 0 saturated heterocycles. The van der Waals surface area contributed by atoms with Crippen LogP contribution in [0.25, 0.3) is 0 Å². The zero-order valence-corrected chi connectivity index (χ0v) is 13.9. The van der Waals surface area contributed by atoms with E-state index in [1.54, 1.807) is 31.4 Å². The van der Waals surface area contributed by atoms with Crippen LogP contribution in [0.2, 0.25) is 10.0 Å². The molecule has 0 unspecified atom stereocenters. The molecule has 0 fully saturated rings. The predicted molar refractivity (Wildman–Crippen MR) is 84.9 cm³/mol. The van der Waals surface area contributed by atoms with Gasteiger partial charge in [0.15, 0.2) is 0 Å². The molecule has 20 heavy (non-hydrogen) atoms. The van der Waals surface area contributed by atoms with Gasteiger partial charge in [-0.1, -0.05) is 29.3 Å². The molecule has 0 bridgehead atoms. The Kier molecular flexibility index (Phi) is 6.79. The Morgan fingerprint density at radius 3 is 2.50 bits per heavy atom. The van der Waals surface area contributed by atoms with Gasteiger partial charge in [0.2, 0.25) is 0 Å². The molecule has 0 aliphatic rings. The molecule has 0 aromatic heterocycles. The topological polar surface area (TPSA) is 58.2 Å². The number of carbonyl (C=O) groups excluding carboxylic acids is 1. The van der Waals surface area contributed by atoms with Crippen molar-refractivity contribution in [2.24, 2.45) is 0 Å². The van der Waals surface area contributed by atoms with Crippen molar-refractivity contribution in [1.29, 1.82) is 0 Å². The largest absolute Gasteiger partial charge is 0.335 e. The van der Waals surface area contributed by atoms with Crippen molar-refractivity contribution < 1.29 is 9.00 Å². The van der Waals surface area contributed by atoms with Gasteiger partial charge in [-0.15, -0.1) is 0 Å². The average Bonchev–Trinajstić information content (AvgIpc) is 2.26. The second-order valence-corrected chi connectivity index (χ2v) is 6.97. The van der Waals surface area contributed by atoms with Gasteiger partial charge >= 0.3 is 6.03 Å². The summed E-state index contributed by atoms with van der Waals surface area (Å²) >= 11 is 11.9. The molecule has 3 atom stereocenters. The summed E-state index contributed by atoms with van der Waals surface area (Å²) in [5.74, 6) is 0.420. The van der Waals surface area contributed by atoms with Crippen LogP contribution >= 0.6 is 23.2 Å². The number of amides is 2. The quantitative estimate of drug-likeness (QED) is 0.867. The fraction of sp³-hybridized carbons (Fsp3) is 0.462. The first kappa shape index (κ1) is 17.3. The van der Waals surface area contributed by atoms with Gasteiger partial charge in [0, 0.05) is 38.9 Å². The van der Waals surface area contributed by atoms with Crippen LogP contribution in [-0.2, 0) is 10.8 Å². The molecule has 7 heteroatoms. The van der Waals surface area contributed by atoms with Crippen molar-refractivity contribution in [3.8, 4) is 0 Å². The van der Waals surface area contributed by atoms with Crippen molar-refractivity contribution in [2.75, 3.05) is 12.0 Å². The maximum atomic E-state index is 11.8. The molecule has 0 radical (unpaired) electrons. The highest BCUT2D eigenvalue weighted by molar-refractivity contribution is 7.84. The van der Waals surface area contributed by atoms with Crippen LogP contribution < -0.4 is 10.6 Å². The van der Waals surface area contributed by atoms with E-state index in [4.69, 9.17) is 23.2 Å². The third-order valence-corrected chi connectivity index (χ3v) is 4.17. The van der Waals surface area contributed by atoms with Crippen LogP contribution in [0.5, 0.6) is 0 Å². The van der Waals surface area contributed by atoms with Crippen molar-refractivity contribution in [2.45, 2.75) is 25.9 Å². The van der Waals surface area contributed by atoms with Crippen LogP contribution in [0.3, 0.4) is 0 Å². The summed E-state index contributed by atoms with van der Waals surface area (Å²) in [6, 6.07) is 4.41. The normalized spacial score (nSPS) is 15.2. The average molecular weight is 337 g/mol. The van der Waals surface area contributed by atoms with E-state index in [0.29, 0.717) is 15.8 Å². The second-order valence-electron chi connectivity index (χ2n) is 4.65. The molecule has 2 N–H and O–H groups in total. The Morgan fingerprint density at radius 1 is 1.30 bits per heavy atom. The third-order valence-electron chi connectivity index (χ3n) is 2.64. The molecule has 0 spiro atoms. The van der Waals surface area contributed by atoms with Gasteiger partial charge in [-0.3, -0.25) is 4.21 Å². The Morgan fingerprint density at radius 2 is 1.95 bits per heavy atom. The number of hydrogen-bond acceptors (Lipinski definition) is 2. The molecule has 1 aromatic carbocycles. The minimum absolute atomic E-state index is 0.159. The summed E-state index contributed by atoms with van der Waals surface area (Å²) in [6.45, 7) is 3.64. The highest BCUT2D eigenvalue weighted by Gasteiger charge is 2.14. The summed E-state index contributed by atoms with van der Waals surface area (Å²) < 4.78 is 11.1. The maximum Gasteiger partial charge on any atom is 0.315 e. The first-order valence-electron chi connectivity index (χ1n) is 6.11. The first-order chi connectivity index (χ1) is 9.29. The van der Waals surface area contributed by atoms with Gasteiger partial charge in [-0.25, -0.2) is 4.79 Å². The lowest BCUT2D eigenvalue weighted by atomic mass is 10.1. The maximum absolute atomic E-state index is 11.8. The molecular formula is C13H18Cl2N2O2S. The van der Waals surface area contributed by atoms with Crippen LogP contribution in [0.4, 0.5) is 4.79 Å². The fourth-order valence-corrected chi connectivity index (χ4v) is 3.15. The number of halogens is 2. The molecule has 2 amide bonds. The summed E-state index contributed by atoms with van der Waals surface area (Å²) in [4.78, 5) is 11.8. The van der Waals surface area contributed by atoms with E-state index in [-0.39, 0.29) is 18.1 Å². The van der Waals surface area contributed by atoms with E-state index >= 15 is 0 Å². The first-order valence-corrected chi connectivity index (χ1v) is 8.60. The molecule has 0 aliphatic heterocycles. The second kappa shape index (κ2) is 7.86. The summed E-state index contributed by atoms with van der Waals surface area (Å²) in [7, 11) is -0.945. The summed E-state index contributed by atoms with van der Waals surface area (Å²) in [5.41, 5.74) is 0.790. The molecular weight excluding hydrogens is 319 g/mol. The molecule has 0 heterocycles. The number of hydrogen-bond donors (Lipinski definition) is 2. The van der Waals surface area contributed by atoms with Gasteiger partial charge in [-0.05, 0) is 31.5 Å². The highest BCUT2D eigenvalue weighted by Crippen LogP contribution is 2.25. The molecule has 4 nitrogen and oxygen atoms in total. The Balaban J connectivity index is 2.59.